The van der Waals surface area contributed by atoms with E-state index in [-0.39, 0.29) is 18.3 Å². The number of amides is 1. The van der Waals surface area contributed by atoms with Crippen molar-refractivity contribution < 1.29 is 13.9 Å². The molecule has 0 fully saturated rings. The van der Waals surface area contributed by atoms with Gasteiger partial charge in [-0.1, -0.05) is 6.07 Å². The average molecular weight is 414 g/mol. The van der Waals surface area contributed by atoms with Crippen molar-refractivity contribution in [3.63, 3.8) is 0 Å². The second-order valence-corrected chi connectivity index (χ2v) is 7.67. The molecule has 6 nitrogen and oxygen atoms in total. The van der Waals surface area contributed by atoms with Crippen molar-refractivity contribution in [1.82, 2.24) is 14.8 Å². The smallest absolute Gasteiger partial charge is 0.267 e. The zero-order valence-electron chi connectivity index (χ0n) is 14.8. The first-order valence-corrected chi connectivity index (χ1v) is 10.1. The lowest BCUT2D eigenvalue weighted by Gasteiger charge is -2.04. The first-order valence-electron chi connectivity index (χ1n) is 8.29. The van der Waals surface area contributed by atoms with Crippen LogP contribution in [0, 0.1) is 5.82 Å². The van der Waals surface area contributed by atoms with E-state index >= 15 is 0 Å². The minimum Gasteiger partial charge on any atom is -0.489 e. The van der Waals surface area contributed by atoms with Gasteiger partial charge in [0.05, 0.1) is 10.6 Å². The molecule has 28 heavy (non-hydrogen) atoms. The second-order valence-electron chi connectivity index (χ2n) is 5.90. The largest absolute Gasteiger partial charge is 0.489 e. The van der Waals surface area contributed by atoms with Crippen LogP contribution in [0.25, 0.3) is 11.4 Å². The summed E-state index contributed by atoms with van der Waals surface area (Å²) < 4.78 is 20.5. The number of thiazole rings is 1. The summed E-state index contributed by atoms with van der Waals surface area (Å²) in [7, 11) is 1.84. The molecular formula is C19H15FN4O2S2. The van der Waals surface area contributed by atoms with E-state index < -0.39 is 0 Å². The lowest BCUT2D eigenvalue weighted by Crippen LogP contribution is -2.10. The highest BCUT2D eigenvalue weighted by atomic mass is 32.1. The van der Waals surface area contributed by atoms with Gasteiger partial charge in [0, 0.05) is 30.3 Å². The molecule has 0 saturated heterocycles. The summed E-state index contributed by atoms with van der Waals surface area (Å²) >= 11 is 2.67. The number of anilines is 1. The van der Waals surface area contributed by atoms with Crippen molar-refractivity contribution in [3.8, 4) is 17.1 Å². The van der Waals surface area contributed by atoms with E-state index in [4.69, 9.17) is 4.74 Å². The Morgan fingerprint density at radius 2 is 2.14 bits per heavy atom. The van der Waals surface area contributed by atoms with Crippen LogP contribution >= 0.6 is 22.7 Å². The Bertz CT molecular complexity index is 1120. The monoisotopic (exact) mass is 414 g/mol. The van der Waals surface area contributed by atoms with Gasteiger partial charge in [0.25, 0.3) is 5.91 Å². The molecule has 0 atom stereocenters. The molecule has 0 unspecified atom stereocenters. The Hall–Kier alpha value is -3.04. The number of nitrogens with zero attached hydrogens (tertiary/aromatic N) is 3. The van der Waals surface area contributed by atoms with Gasteiger partial charge in [-0.05, 0) is 29.6 Å². The number of carbonyl (C=O) groups is 1. The maximum Gasteiger partial charge on any atom is 0.267 e. The molecule has 0 aliphatic heterocycles. The van der Waals surface area contributed by atoms with E-state index in [0.29, 0.717) is 15.8 Å². The third kappa shape index (κ3) is 4.10. The maximum absolute atomic E-state index is 13.2. The molecule has 1 N–H and O–H groups in total. The second kappa shape index (κ2) is 7.91. The van der Waals surface area contributed by atoms with Crippen molar-refractivity contribution in [2.75, 3.05) is 5.32 Å². The molecule has 0 aliphatic rings. The minimum absolute atomic E-state index is 0.229. The molecule has 4 aromatic rings. The number of ether oxygens (including phenoxy) is 1. The number of carbonyl (C=O) groups excluding carboxylic acids is 1. The molecule has 0 spiro atoms. The molecule has 9 heteroatoms. The topological polar surface area (TPSA) is 69.0 Å². The van der Waals surface area contributed by atoms with Crippen LogP contribution in [0.4, 0.5) is 9.52 Å². The average Bonchev–Trinajstić information content (AvgIpc) is 3.41. The van der Waals surface area contributed by atoms with Crippen LogP contribution in [0.3, 0.4) is 0 Å². The van der Waals surface area contributed by atoms with Gasteiger partial charge in [0.15, 0.2) is 5.13 Å². The standard InChI is InChI=1S/C19H15FN4O2S2/c1-24-16(5-6-21-24)15-11-28-19(22-15)23-18(25)17-7-12(10-27-17)9-26-14-4-2-3-13(20)8-14/h2-8,10-11H,9H2,1H3,(H,22,23,25). The summed E-state index contributed by atoms with van der Waals surface area (Å²) in [4.78, 5) is 17.5. The highest BCUT2D eigenvalue weighted by Gasteiger charge is 2.14. The number of aryl methyl sites for hydroxylation is 1. The SMILES string of the molecule is Cn1nccc1-c1csc(NC(=O)c2cc(COc3cccc(F)c3)cs2)n1. The van der Waals surface area contributed by atoms with Gasteiger partial charge in [-0.2, -0.15) is 5.10 Å². The normalized spacial score (nSPS) is 10.8. The van der Waals surface area contributed by atoms with Crippen LogP contribution in [-0.2, 0) is 13.7 Å². The number of benzene rings is 1. The van der Waals surface area contributed by atoms with Crippen LogP contribution in [0.2, 0.25) is 0 Å². The van der Waals surface area contributed by atoms with Crippen LogP contribution < -0.4 is 10.1 Å². The third-order valence-corrected chi connectivity index (χ3v) is 5.62. The summed E-state index contributed by atoms with van der Waals surface area (Å²) in [5.74, 6) is -0.132. The summed E-state index contributed by atoms with van der Waals surface area (Å²) in [6.45, 7) is 0.259. The van der Waals surface area contributed by atoms with Gasteiger partial charge in [-0.25, -0.2) is 9.37 Å². The number of thiophene rings is 1. The summed E-state index contributed by atoms with van der Waals surface area (Å²) in [5, 5.41) is 11.2. The van der Waals surface area contributed by atoms with Crippen molar-refractivity contribution in [3.05, 3.63) is 69.6 Å². The fraction of sp³-hybridized carbons (Fsp3) is 0.105. The zero-order valence-corrected chi connectivity index (χ0v) is 16.4. The first kappa shape index (κ1) is 18.3. The summed E-state index contributed by atoms with van der Waals surface area (Å²) in [6, 6.07) is 9.58. The number of aromatic nitrogens is 3. The number of halogens is 1. The van der Waals surface area contributed by atoms with E-state index in [2.05, 4.69) is 15.4 Å². The van der Waals surface area contributed by atoms with Gasteiger partial charge in [-0.3, -0.25) is 14.8 Å². The quantitative estimate of drug-likeness (QED) is 0.502. The van der Waals surface area contributed by atoms with Crippen LogP contribution in [0.1, 0.15) is 15.2 Å². The summed E-state index contributed by atoms with van der Waals surface area (Å²) in [6.07, 6.45) is 1.70. The fourth-order valence-electron chi connectivity index (χ4n) is 2.53. The van der Waals surface area contributed by atoms with Gasteiger partial charge < -0.3 is 4.74 Å². The van der Waals surface area contributed by atoms with Crippen LogP contribution in [0.5, 0.6) is 5.75 Å². The molecule has 0 aliphatic carbocycles. The fourth-order valence-corrected chi connectivity index (χ4v) is 4.02. The van der Waals surface area contributed by atoms with Crippen molar-refractivity contribution in [2.24, 2.45) is 7.05 Å². The molecule has 1 aromatic carbocycles. The predicted octanol–water partition coefficient (Wildman–Crippen LogP) is 4.58. The van der Waals surface area contributed by atoms with Gasteiger partial charge in [0.2, 0.25) is 0 Å². The third-order valence-electron chi connectivity index (χ3n) is 3.89. The van der Waals surface area contributed by atoms with Crippen molar-refractivity contribution in [2.45, 2.75) is 6.61 Å². The molecule has 4 rings (SSSR count). The molecule has 0 radical (unpaired) electrons. The van der Waals surface area contributed by atoms with E-state index in [1.165, 1.54) is 34.8 Å². The molecule has 1 amide bonds. The molecule has 142 valence electrons. The Morgan fingerprint density at radius 3 is 2.93 bits per heavy atom. The lowest BCUT2D eigenvalue weighted by molar-refractivity contribution is 0.103. The predicted molar refractivity (Wildman–Crippen MR) is 107 cm³/mol. The molecular weight excluding hydrogens is 399 g/mol. The van der Waals surface area contributed by atoms with Gasteiger partial charge in [0.1, 0.15) is 23.9 Å². The number of hydrogen-bond acceptors (Lipinski definition) is 6. The molecule has 0 bridgehead atoms. The zero-order chi connectivity index (χ0) is 19.5. The van der Waals surface area contributed by atoms with E-state index in [1.54, 1.807) is 29.1 Å². The number of rotatable bonds is 6. The minimum atomic E-state index is -0.350. The highest BCUT2D eigenvalue weighted by Crippen LogP contribution is 2.25. The first-order chi connectivity index (χ1) is 13.6. The highest BCUT2D eigenvalue weighted by molar-refractivity contribution is 7.14. The number of nitrogens with one attached hydrogen (secondary N) is 1. The Kier molecular flexibility index (Phi) is 5.18. The number of hydrogen-bond donors (Lipinski definition) is 1. The molecule has 3 aromatic heterocycles. The molecule has 0 saturated carbocycles. The van der Waals surface area contributed by atoms with Crippen LogP contribution in [-0.4, -0.2) is 20.7 Å². The Morgan fingerprint density at radius 1 is 1.25 bits per heavy atom. The van der Waals surface area contributed by atoms with Gasteiger partial charge in [-0.15, -0.1) is 22.7 Å². The van der Waals surface area contributed by atoms with Gasteiger partial charge >= 0.3 is 0 Å². The Balaban J connectivity index is 1.38. The van der Waals surface area contributed by atoms with Crippen molar-refractivity contribution >= 4 is 33.7 Å². The lowest BCUT2D eigenvalue weighted by atomic mass is 10.3. The van der Waals surface area contributed by atoms with E-state index in [0.717, 1.165) is 17.0 Å². The van der Waals surface area contributed by atoms with Crippen LogP contribution in [0.15, 0.2) is 53.4 Å². The maximum atomic E-state index is 13.2. The summed E-state index contributed by atoms with van der Waals surface area (Å²) in [5.41, 5.74) is 2.48. The van der Waals surface area contributed by atoms with E-state index in [1.807, 2.05) is 23.9 Å². The molecule has 3 heterocycles. The Labute approximate surface area is 168 Å². The van der Waals surface area contributed by atoms with E-state index in [9.17, 15) is 9.18 Å². The van der Waals surface area contributed by atoms with Crippen molar-refractivity contribution in [1.29, 1.82) is 0 Å².